The molecule has 0 bridgehead atoms. The molecule has 0 aliphatic carbocycles. The molecular formula is C21H22N4OS. The summed E-state index contributed by atoms with van der Waals surface area (Å²) in [4.78, 5) is 22.8. The SMILES string of the molecule is O=C(c1ccc(Cn2ccnc2)cc1)N1CC(N2CCc3sccc3C2)C1. The molecule has 2 aliphatic rings. The van der Waals surface area contributed by atoms with Crippen molar-refractivity contribution in [2.24, 2.45) is 0 Å². The minimum Gasteiger partial charge on any atom is -0.335 e. The second kappa shape index (κ2) is 6.94. The number of fused-ring (bicyclic) bond motifs is 1. The van der Waals surface area contributed by atoms with E-state index in [1.807, 2.05) is 51.3 Å². The van der Waals surface area contributed by atoms with Crippen LogP contribution in [0.2, 0.25) is 0 Å². The van der Waals surface area contributed by atoms with Gasteiger partial charge in [-0.1, -0.05) is 12.1 Å². The summed E-state index contributed by atoms with van der Waals surface area (Å²) < 4.78 is 2.02. The molecule has 0 saturated carbocycles. The highest BCUT2D eigenvalue weighted by Gasteiger charge is 2.36. The molecule has 1 aromatic carbocycles. The van der Waals surface area contributed by atoms with Gasteiger partial charge in [-0.15, -0.1) is 11.3 Å². The molecule has 5 nitrogen and oxygen atoms in total. The van der Waals surface area contributed by atoms with Crippen LogP contribution >= 0.6 is 11.3 Å². The minimum absolute atomic E-state index is 0.147. The van der Waals surface area contributed by atoms with Crippen LogP contribution in [0.3, 0.4) is 0 Å². The van der Waals surface area contributed by atoms with E-state index >= 15 is 0 Å². The van der Waals surface area contributed by atoms with Gasteiger partial charge in [-0.3, -0.25) is 9.69 Å². The van der Waals surface area contributed by atoms with Crippen molar-refractivity contribution >= 4 is 17.2 Å². The zero-order valence-corrected chi connectivity index (χ0v) is 15.9. The lowest BCUT2D eigenvalue weighted by atomic mass is 10.0. The van der Waals surface area contributed by atoms with Gasteiger partial charge in [-0.2, -0.15) is 0 Å². The van der Waals surface area contributed by atoms with Crippen molar-refractivity contribution in [2.45, 2.75) is 25.6 Å². The summed E-state index contributed by atoms with van der Waals surface area (Å²) in [6.07, 6.45) is 6.67. The first-order valence-electron chi connectivity index (χ1n) is 9.39. The summed E-state index contributed by atoms with van der Waals surface area (Å²) in [6.45, 7) is 4.61. The van der Waals surface area contributed by atoms with E-state index in [2.05, 4.69) is 21.3 Å². The van der Waals surface area contributed by atoms with E-state index in [9.17, 15) is 4.79 Å². The third-order valence-corrected chi connectivity index (χ3v) is 6.65. The zero-order valence-electron chi connectivity index (χ0n) is 15.1. The highest BCUT2D eigenvalue weighted by molar-refractivity contribution is 7.10. The molecule has 6 heteroatoms. The predicted octanol–water partition coefficient (Wildman–Crippen LogP) is 2.88. The van der Waals surface area contributed by atoms with Gasteiger partial charge in [0, 0.05) is 61.6 Å². The Balaban J connectivity index is 1.17. The molecule has 0 atom stereocenters. The molecule has 5 rings (SSSR count). The second-order valence-electron chi connectivity index (χ2n) is 7.39. The molecule has 2 aliphatic heterocycles. The Bertz CT molecular complexity index is 926. The Morgan fingerprint density at radius 2 is 2.04 bits per heavy atom. The van der Waals surface area contributed by atoms with Gasteiger partial charge < -0.3 is 9.47 Å². The third kappa shape index (κ3) is 3.31. The van der Waals surface area contributed by atoms with E-state index in [1.165, 1.54) is 16.0 Å². The van der Waals surface area contributed by atoms with Gasteiger partial charge in [-0.25, -0.2) is 4.98 Å². The van der Waals surface area contributed by atoms with Gasteiger partial charge in [-0.05, 0) is 41.1 Å². The van der Waals surface area contributed by atoms with Gasteiger partial charge in [0.25, 0.3) is 5.91 Å². The number of likely N-dealkylation sites (tertiary alicyclic amines) is 1. The fourth-order valence-electron chi connectivity index (χ4n) is 3.96. The highest BCUT2D eigenvalue weighted by atomic mass is 32.1. The fourth-order valence-corrected chi connectivity index (χ4v) is 4.85. The molecule has 2 aromatic heterocycles. The van der Waals surface area contributed by atoms with Gasteiger partial charge in [0.05, 0.1) is 6.33 Å². The van der Waals surface area contributed by atoms with Crippen molar-refractivity contribution in [1.82, 2.24) is 19.4 Å². The quantitative estimate of drug-likeness (QED) is 0.701. The van der Waals surface area contributed by atoms with E-state index in [1.54, 1.807) is 12.5 Å². The van der Waals surface area contributed by atoms with E-state index < -0.39 is 0 Å². The number of nitrogens with zero attached hydrogens (tertiary/aromatic N) is 4. The Morgan fingerprint density at radius 1 is 1.19 bits per heavy atom. The smallest absolute Gasteiger partial charge is 0.253 e. The number of hydrogen-bond acceptors (Lipinski definition) is 4. The molecule has 1 fully saturated rings. The molecule has 4 heterocycles. The minimum atomic E-state index is 0.147. The number of hydrogen-bond donors (Lipinski definition) is 0. The molecule has 3 aromatic rings. The maximum Gasteiger partial charge on any atom is 0.253 e. The molecule has 1 amide bonds. The lowest BCUT2D eigenvalue weighted by Gasteiger charge is -2.46. The molecule has 0 radical (unpaired) electrons. The van der Waals surface area contributed by atoms with Crippen molar-refractivity contribution in [3.05, 3.63) is 76.0 Å². The van der Waals surface area contributed by atoms with Crippen LogP contribution in [-0.2, 0) is 19.5 Å². The summed E-state index contributed by atoms with van der Waals surface area (Å²) in [5.74, 6) is 0.147. The Kier molecular flexibility index (Phi) is 4.30. The van der Waals surface area contributed by atoms with Crippen LogP contribution in [0.25, 0.3) is 0 Å². The van der Waals surface area contributed by atoms with Gasteiger partial charge in [0.2, 0.25) is 0 Å². The fraction of sp³-hybridized carbons (Fsp3) is 0.333. The largest absolute Gasteiger partial charge is 0.335 e. The number of thiophene rings is 1. The standard InChI is InChI=1S/C21H22N4OS/c26-21(17-3-1-16(2-4-17)11-23-9-7-22-15-23)25-13-19(14-25)24-8-5-20-18(12-24)6-10-27-20/h1-4,6-7,9-10,15,19H,5,8,11-14H2. The molecule has 0 N–H and O–H groups in total. The summed E-state index contributed by atoms with van der Waals surface area (Å²) in [7, 11) is 0. The van der Waals surface area contributed by atoms with Crippen molar-refractivity contribution in [3.8, 4) is 0 Å². The van der Waals surface area contributed by atoms with Crippen LogP contribution in [0, 0.1) is 0 Å². The average molecular weight is 379 g/mol. The summed E-state index contributed by atoms with van der Waals surface area (Å²) >= 11 is 1.87. The summed E-state index contributed by atoms with van der Waals surface area (Å²) in [6, 6.07) is 10.7. The van der Waals surface area contributed by atoms with Crippen LogP contribution < -0.4 is 0 Å². The van der Waals surface area contributed by atoms with Gasteiger partial charge >= 0.3 is 0 Å². The highest BCUT2D eigenvalue weighted by Crippen LogP contribution is 2.28. The topological polar surface area (TPSA) is 41.4 Å². The molecule has 0 spiro atoms. The summed E-state index contributed by atoms with van der Waals surface area (Å²) in [5.41, 5.74) is 3.43. The third-order valence-electron chi connectivity index (χ3n) is 5.63. The molecule has 138 valence electrons. The number of aromatic nitrogens is 2. The first-order chi connectivity index (χ1) is 13.3. The van der Waals surface area contributed by atoms with Crippen LogP contribution in [0.5, 0.6) is 0 Å². The maximum atomic E-state index is 12.7. The molecule has 1 saturated heterocycles. The van der Waals surface area contributed by atoms with Crippen LogP contribution in [0.4, 0.5) is 0 Å². The molecule has 27 heavy (non-hydrogen) atoms. The Labute approximate surface area is 162 Å². The lowest BCUT2D eigenvalue weighted by molar-refractivity contribution is 0.0221. The zero-order chi connectivity index (χ0) is 18.2. The van der Waals surface area contributed by atoms with E-state index in [0.717, 1.165) is 44.7 Å². The molecular weight excluding hydrogens is 356 g/mol. The van der Waals surface area contributed by atoms with Crippen LogP contribution in [-0.4, -0.2) is 50.9 Å². The van der Waals surface area contributed by atoms with E-state index in [0.29, 0.717) is 6.04 Å². The van der Waals surface area contributed by atoms with Crippen molar-refractivity contribution in [1.29, 1.82) is 0 Å². The van der Waals surface area contributed by atoms with Crippen molar-refractivity contribution in [3.63, 3.8) is 0 Å². The van der Waals surface area contributed by atoms with Crippen molar-refractivity contribution in [2.75, 3.05) is 19.6 Å². The molecule has 0 unspecified atom stereocenters. The lowest BCUT2D eigenvalue weighted by Crippen LogP contribution is -2.61. The second-order valence-corrected chi connectivity index (χ2v) is 8.39. The maximum absolute atomic E-state index is 12.7. The predicted molar refractivity (Wildman–Crippen MR) is 106 cm³/mol. The number of carbonyl (C=O) groups excluding carboxylic acids is 1. The average Bonchev–Trinajstić information content (AvgIpc) is 3.32. The van der Waals surface area contributed by atoms with Crippen molar-refractivity contribution < 1.29 is 4.79 Å². The first kappa shape index (κ1) is 16.7. The van der Waals surface area contributed by atoms with E-state index in [4.69, 9.17) is 0 Å². The summed E-state index contributed by atoms with van der Waals surface area (Å²) in [5, 5.41) is 2.20. The normalized spacial score (nSPS) is 17.6. The number of amides is 1. The van der Waals surface area contributed by atoms with Gasteiger partial charge in [0.1, 0.15) is 0 Å². The monoisotopic (exact) mass is 378 g/mol. The number of benzene rings is 1. The Morgan fingerprint density at radius 3 is 2.81 bits per heavy atom. The van der Waals surface area contributed by atoms with E-state index in [-0.39, 0.29) is 5.91 Å². The van der Waals surface area contributed by atoms with Gasteiger partial charge in [0.15, 0.2) is 0 Å². The number of imidazole rings is 1. The van der Waals surface area contributed by atoms with Crippen LogP contribution in [0.15, 0.2) is 54.4 Å². The first-order valence-corrected chi connectivity index (χ1v) is 10.3. The van der Waals surface area contributed by atoms with Crippen LogP contribution in [0.1, 0.15) is 26.4 Å². The Hall–Kier alpha value is -2.44. The number of carbonyl (C=O) groups is 1. The number of rotatable bonds is 4.